The summed E-state index contributed by atoms with van der Waals surface area (Å²) in [6, 6.07) is 28.2. The lowest BCUT2D eigenvalue weighted by atomic mass is 10.0. The molecule has 0 saturated carbocycles. The standard InChI is InChI=1S/C31H26N4O3S/c1-37-28-13-11-22-9-5-6-10-24(22)25(28)18-33-35-27(23-12-14-29-26(17-23)34-30(36)19-38-29)20-39-31(35)32-16-15-21-7-3-2-4-8-21/h2-14,17-18,20H,15-16,19H2,1H3,(H,34,36). The van der Waals surface area contributed by atoms with Gasteiger partial charge in [-0.25, -0.2) is 4.68 Å². The fourth-order valence-corrected chi connectivity index (χ4v) is 5.45. The lowest BCUT2D eigenvalue weighted by Gasteiger charge is -2.18. The smallest absolute Gasteiger partial charge is 0.262 e. The normalized spacial score (nSPS) is 13.4. The summed E-state index contributed by atoms with van der Waals surface area (Å²) < 4.78 is 13.1. The summed E-state index contributed by atoms with van der Waals surface area (Å²) in [5.74, 6) is 1.22. The van der Waals surface area contributed by atoms with Crippen molar-refractivity contribution >= 4 is 39.9 Å². The number of benzene rings is 4. The quantitative estimate of drug-likeness (QED) is 0.271. The van der Waals surface area contributed by atoms with E-state index in [1.54, 1.807) is 7.11 Å². The van der Waals surface area contributed by atoms with Crippen LogP contribution < -0.4 is 19.6 Å². The van der Waals surface area contributed by atoms with Crippen LogP contribution in [0.4, 0.5) is 5.69 Å². The van der Waals surface area contributed by atoms with Crippen LogP contribution in [0.1, 0.15) is 11.1 Å². The second-order valence-electron chi connectivity index (χ2n) is 9.03. The largest absolute Gasteiger partial charge is 0.496 e. The minimum absolute atomic E-state index is 0.0202. The summed E-state index contributed by atoms with van der Waals surface area (Å²) in [4.78, 5) is 17.6. The molecular weight excluding hydrogens is 508 g/mol. The molecule has 0 atom stereocenters. The van der Waals surface area contributed by atoms with Gasteiger partial charge in [0.25, 0.3) is 5.91 Å². The Morgan fingerprint density at radius 1 is 1.05 bits per heavy atom. The molecule has 1 aromatic heterocycles. The van der Waals surface area contributed by atoms with Crippen molar-refractivity contribution in [3.05, 3.63) is 106 Å². The van der Waals surface area contributed by atoms with Gasteiger partial charge in [0.05, 0.1) is 24.7 Å². The van der Waals surface area contributed by atoms with Crippen LogP contribution in [-0.2, 0) is 11.2 Å². The first-order valence-electron chi connectivity index (χ1n) is 12.6. The number of amides is 1. The summed E-state index contributed by atoms with van der Waals surface area (Å²) in [6.45, 7) is 0.650. The number of anilines is 1. The average Bonchev–Trinajstić information content (AvgIpc) is 3.38. The highest BCUT2D eigenvalue weighted by Crippen LogP contribution is 2.33. The zero-order valence-electron chi connectivity index (χ0n) is 21.3. The first-order chi connectivity index (χ1) is 19.2. The SMILES string of the molecule is COc1ccc2ccccc2c1C=Nn1c(-c2ccc3c(c2)NC(=O)CO3)csc1=NCCc1ccccc1. The predicted octanol–water partition coefficient (Wildman–Crippen LogP) is 5.73. The number of ether oxygens (including phenoxy) is 2. The third-order valence-electron chi connectivity index (χ3n) is 6.54. The third kappa shape index (κ3) is 5.19. The number of aromatic nitrogens is 1. The van der Waals surface area contributed by atoms with E-state index in [2.05, 4.69) is 29.6 Å². The molecule has 6 rings (SSSR count). The van der Waals surface area contributed by atoms with Crippen molar-refractivity contribution in [2.24, 2.45) is 10.1 Å². The summed E-state index contributed by atoms with van der Waals surface area (Å²) in [5.41, 5.74) is 4.52. The monoisotopic (exact) mass is 534 g/mol. The van der Waals surface area contributed by atoms with Crippen LogP contribution in [0, 0.1) is 0 Å². The second kappa shape index (κ2) is 11.0. The van der Waals surface area contributed by atoms with Crippen LogP contribution in [0.3, 0.4) is 0 Å². The third-order valence-corrected chi connectivity index (χ3v) is 7.39. The molecule has 1 aliphatic rings. The number of methoxy groups -OCH3 is 1. The minimum atomic E-state index is -0.171. The van der Waals surface area contributed by atoms with Gasteiger partial charge in [0, 0.05) is 23.1 Å². The first kappa shape index (κ1) is 24.6. The Morgan fingerprint density at radius 3 is 2.77 bits per heavy atom. The van der Waals surface area contributed by atoms with Gasteiger partial charge in [-0.2, -0.15) is 5.10 Å². The summed E-state index contributed by atoms with van der Waals surface area (Å²) in [6.07, 6.45) is 2.66. The highest BCUT2D eigenvalue weighted by Gasteiger charge is 2.18. The molecule has 0 aliphatic carbocycles. The number of hydrogen-bond acceptors (Lipinski definition) is 6. The molecule has 0 radical (unpaired) electrons. The molecule has 1 aliphatic heterocycles. The second-order valence-corrected chi connectivity index (χ2v) is 9.86. The number of carbonyl (C=O) groups excluding carboxylic acids is 1. The van der Waals surface area contributed by atoms with Crippen LogP contribution in [0.2, 0.25) is 0 Å². The van der Waals surface area contributed by atoms with Gasteiger partial charge in [-0.15, -0.1) is 11.3 Å². The van der Waals surface area contributed by atoms with E-state index in [1.807, 2.05) is 76.9 Å². The number of hydrogen-bond donors (Lipinski definition) is 1. The summed E-state index contributed by atoms with van der Waals surface area (Å²) in [7, 11) is 1.67. The molecular formula is C31H26N4O3S. The zero-order valence-corrected chi connectivity index (χ0v) is 22.2. The van der Waals surface area contributed by atoms with E-state index in [9.17, 15) is 4.79 Å². The van der Waals surface area contributed by atoms with E-state index >= 15 is 0 Å². The predicted molar refractivity (Wildman–Crippen MR) is 156 cm³/mol. The molecule has 5 aromatic rings. The Balaban J connectivity index is 1.44. The minimum Gasteiger partial charge on any atom is -0.496 e. The van der Waals surface area contributed by atoms with Crippen molar-refractivity contribution in [3.63, 3.8) is 0 Å². The van der Waals surface area contributed by atoms with E-state index < -0.39 is 0 Å². The Bertz CT molecular complexity index is 1760. The van der Waals surface area contributed by atoms with Crippen molar-refractivity contribution < 1.29 is 14.3 Å². The fraction of sp³-hybridized carbons (Fsp3) is 0.129. The van der Waals surface area contributed by atoms with E-state index in [0.717, 1.165) is 44.6 Å². The highest BCUT2D eigenvalue weighted by molar-refractivity contribution is 7.07. The molecule has 8 heteroatoms. The highest BCUT2D eigenvalue weighted by atomic mass is 32.1. The number of rotatable bonds is 7. The zero-order chi connectivity index (χ0) is 26.6. The molecule has 0 unspecified atom stereocenters. The maximum Gasteiger partial charge on any atom is 0.262 e. The Morgan fingerprint density at radius 2 is 1.90 bits per heavy atom. The van der Waals surface area contributed by atoms with E-state index in [-0.39, 0.29) is 12.5 Å². The van der Waals surface area contributed by atoms with Crippen LogP contribution in [0.5, 0.6) is 11.5 Å². The van der Waals surface area contributed by atoms with Crippen LogP contribution >= 0.6 is 11.3 Å². The molecule has 39 heavy (non-hydrogen) atoms. The number of nitrogens with one attached hydrogen (secondary N) is 1. The van der Waals surface area contributed by atoms with Crippen LogP contribution in [0.25, 0.3) is 22.0 Å². The van der Waals surface area contributed by atoms with E-state index in [1.165, 1.54) is 16.9 Å². The molecule has 0 spiro atoms. The Labute approximate surface area is 229 Å². The van der Waals surface area contributed by atoms with Crippen molar-refractivity contribution in [2.45, 2.75) is 6.42 Å². The Hall–Kier alpha value is -4.69. The van der Waals surface area contributed by atoms with Gasteiger partial charge in [-0.1, -0.05) is 60.7 Å². The molecule has 0 fully saturated rings. The van der Waals surface area contributed by atoms with Gasteiger partial charge in [0.2, 0.25) is 4.80 Å². The first-order valence-corrected chi connectivity index (χ1v) is 13.5. The molecule has 1 amide bonds. The van der Waals surface area contributed by atoms with Crippen molar-refractivity contribution in [1.29, 1.82) is 0 Å². The molecule has 0 bridgehead atoms. The molecule has 4 aromatic carbocycles. The van der Waals surface area contributed by atoms with E-state index in [0.29, 0.717) is 18.0 Å². The average molecular weight is 535 g/mol. The van der Waals surface area contributed by atoms with Crippen LogP contribution in [-0.4, -0.2) is 37.1 Å². The molecule has 0 saturated heterocycles. The van der Waals surface area contributed by atoms with Crippen molar-refractivity contribution in [2.75, 3.05) is 25.6 Å². The Kier molecular flexibility index (Phi) is 6.93. The van der Waals surface area contributed by atoms with Crippen LogP contribution in [0.15, 0.2) is 100 Å². The number of carbonyl (C=O) groups is 1. The lowest BCUT2D eigenvalue weighted by molar-refractivity contribution is -0.118. The van der Waals surface area contributed by atoms with Gasteiger partial charge in [0.1, 0.15) is 11.5 Å². The number of thiazole rings is 1. The number of fused-ring (bicyclic) bond motifs is 2. The van der Waals surface area contributed by atoms with Gasteiger partial charge in [-0.05, 0) is 47.0 Å². The molecule has 194 valence electrons. The topological polar surface area (TPSA) is 77.2 Å². The fourth-order valence-electron chi connectivity index (χ4n) is 4.59. The van der Waals surface area contributed by atoms with Gasteiger partial charge in [0.15, 0.2) is 6.61 Å². The molecule has 7 nitrogen and oxygen atoms in total. The van der Waals surface area contributed by atoms with Gasteiger partial charge < -0.3 is 14.8 Å². The molecule has 2 heterocycles. The van der Waals surface area contributed by atoms with E-state index in [4.69, 9.17) is 19.6 Å². The van der Waals surface area contributed by atoms with Crippen molar-refractivity contribution in [1.82, 2.24) is 4.68 Å². The summed E-state index contributed by atoms with van der Waals surface area (Å²) >= 11 is 1.53. The lowest BCUT2D eigenvalue weighted by Crippen LogP contribution is -2.25. The number of nitrogens with zero attached hydrogens (tertiary/aromatic N) is 3. The maximum atomic E-state index is 11.9. The maximum absolute atomic E-state index is 11.9. The van der Waals surface area contributed by atoms with Gasteiger partial charge >= 0.3 is 0 Å². The summed E-state index contributed by atoms with van der Waals surface area (Å²) in [5, 5.41) is 12.0. The molecule has 1 N–H and O–H groups in total. The van der Waals surface area contributed by atoms with Crippen molar-refractivity contribution in [3.8, 4) is 22.8 Å². The van der Waals surface area contributed by atoms with Gasteiger partial charge in [-0.3, -0.25) is 9.79 Å².